The van der Waals surface area contributed by atoms with E-state index in [4.69, 9.17) is 4.74 Å². The Morgan fingerprint density at radius 1 is 1.22 bits per heavy atom. The number of ether oxygens (including phenoxy) is 1. The van der Waals surface area contributed by atoms with Gasteiger partial charge in [-0.05, 0) is 36.8 Å². The SMILES string of the molecule is COCc1ccc(NC(=O)c2ccc(C)[nH]2)cc1. The number of rotatable bonds is 4. The molecule has 0 spiro atoms. The van der Waals surface area contributed by atoms with Crippen molar-refractivity contribution in [3.8, 4) is 0 Å². The van der Waals surface area contributed by atoms with Crippen molar-refractivity contribution in [2.45, 2.75) is 13.5 Å². The molecule has 1 heterocycles. The molecule has 2 rings (SSSR count). The molecule has 0 aliphatic carbocycles. The minimum Gasteiger partial charge on any atom is -0.380 e. The molecule has 0 unspecified atom stereocenters. The number of aryl methyl sites for hydroxylation is 1. The van der Waals surface area contributed by atoms with E-state index in [0.717, 1.165) is 16.9 Å². The number of aromatic amines is 1. The van der Waals surface area contributed by atoms with Gasteiger partial charge in [-0.3, -0.25) is 4.79 Å². The van der Waals surface area contributed by atoms with Gasteiger partial charge in [0.1, 0.15) is 5.69 Å². The first-order chi connectivity index (χ1) is 8.69. The standard InChI is InChI=1S/C14H16N2O2/c1-10-3-8-13(15-10)14(17)16-12-6-4-11(5-7-12)9-18-2/h3-8,15H,9H2,1-2H3,(H,16,17). The van der Waals surface area contributed by atoms with Crippen molar-refractivity contribution in [1.29, 1.82) is 0 Å². The second-order valence-corrected chi connectivity index (χ2v) is 4.14. The summed E-state index contributed by atoms with van der Waals surface area (Å²) in [5, 5.41) is 2.83. The molecular weight excluding hydrogens is 228 g/mol. The Kier molecular flexibility index (Phi) is 3.79. The van der Waals surface area contributed by atoms with Crippen LogP contribution in [0.2, 0.25) is 0 Å². The van der Waals surface area contributed by atoms with Crippen molar-refractivity contribution in [3.05, 3.63) is 53.3 Å². The molecule has 0 radical (unpaired) electrons. The molecule has 0 saturated carbocycles. The second kappa shape index (κ2) is 5.51. The summed E-state index contributed by atoms with van der Waals surface area (Å²) in [4.78, 5) is 14.9. The second-order valence-electron chi connectivity index (χ2n) is 4.14. The van der Waals surface area contributed by atoms with E-state index in [1.54, 1.807) is 13.2 Å². The van der Waals surface area contributed by atoms with Gasteiger partial charge in [0.15, 0.2) is 0 Å². The lowest BCUT2D eigenvalue weighted by molar-refractivity contribution is 0.102. The fourth-order valence-electron chi connectivity index (χ4n) is 1.69. The molecule has 0 bridgehead atoms. The maximum absolute atomic E-state index is 11.9. The Morgan fingerprint density at radius 3 is 2.50 bits per heavy atom. The number of nitrogens with one attached hydrogen (secondary N) is 2. The molecule has 0 saturated heterocycles. The molecule has 1 amide bonds. The van der Waals surface area contributed by atoms with E-state index in [0.29, 0.717) is 12.3 Å². The van der Waals surface area contributed by atoms with Crippen LogP contribution in [0.3, 0.4) is 0 Å². The van der Waals surface area contributed by atoms with Crippen LogP contribution in [0, 0.1) is 6.92 Å². The lowest BCUT2D eigenvalue weighted by Gasteiger charge is -2.05. The molecule has 94 valence electrons. The zero-order valence-corrected chi connectivity index (χ0v) is 10.5. The minimum absolute atomic E-state index is 0.136. The highest BCUT2D eigenvalue weighted by Gasteiger charge is 2.07. The maximum atomic E-state index is 11.9. The molecule has 1 aromatic carbocycles. The number of methoxy groups -OCH3 is 1. The predicted molar refractivity (Wildman–Crippen MR) is 70.6 cm³/mol. The summed E-state index contributed by atoms with van der Waals surface area (Å²) in [5.74, 6) is -0.136. The van der Waals surface area contributed by atoms with Crippen LogP contribution >= 0.6 is 0 Å². The third kappa shape index (κ3) is 2.99. The highest BCUT2D eigenvalue weighted by molar-refractivity contribution is 6.03. The number of H-pyrrole nitrogens is 1. The molecule has 1 aromatic heterocycles. The monoisotopic (exact) mass is 244 g/mol. The quantitative estimate of drug-likeness (QED) is 0.868. The van der Waals surface area contributed by atoms with Gasteiger partial charge >= 0.3 is 0 Å². The van der Waals surface area contributed by atoms with Crippen LogP contribution in [0.1, 0.15) is 21.7 Å². The van der Waals surface area contributed by atoms with Gasteiger partial charge in [-0.2, -0.15) is 0 Å². The molecule has 0 fully saturated rings. The lowest BCUT2D eigenvalue weighted by Crippen LogP contribution is -2.12. The summed E-state index contributed by atoms with van der Waals surface area (Å²) >= 11 is 0. The minimum atomic E-state index is -0.136. The Labute approximate surface area is 106 Å². The number of amides is 1. The molecule has 2 N–H and O–H groups in total. The van der Waals surface area contributed by atoms with Gasteiger partial charge in [-0.25, -0.2) is 0 Å². The summed E-state index contributed by atoms with van der Waals surface area (Å²) < 4.78 is 5.03. The van der Waals surface area contributed by atoms with Crippen molar-refractivity contribution in [1.82, 2.24) is 4.98 Å². The number of hydrogen-bond acceptors (Lipinski definition) is 2. The first-order valence-corrected chi connectivity index (χ1v) is 5.74. The lowest BCUT2D eigenvalue weighted by atomic mass is 10.2. The summed E-state index contributed by atoms with van der Waals surface area (Å²) in [7, 11) is 1.66. The smallest absolute Gasteiger partial charge is 0.272 e. The van der Waals surface area contributed by atoms with Crippen LogP contribution in [-0.4, -0.2) is 18.0 Å². The number of carbonyl (C=O) groups excluding carboxylic acids is 1. The molecule has 4 nitrogen and oxygen atoms in total. The molecule has 18 heavy (non-hydrogen) atoms. The Morgan fingerprint density at radius 2 is 1.94 bits per heavy atom. The average Bonchev–Trinajstić information content (AvgIpc) is 2.79. The first kappa shape index (κ1) is 12.4. The highest BCUT2D eigenvalue weighted by Crippen LogP contribution is 2.12. The number of aromatic nitrogens is 1. The van der Waals surface area contributed by atoms with Crippen molar-refractivity contribution in [2.24, 2.45) is 0 Å². The number of benzene rings is 1. The van der Waals surface area contributed by atoms with E-state index in [1.165, 1.54) is 0 Å². The normalized spacial score (nSPS) is 10.3. The van der Waals surface area contributed by atoms with Crippen molar-refractivity contribution in [2.75, 3.05) is 12.4 Å². The Bertz CT molecular complexity index is 529. The first-order valence-electron chi connectivity index (χ1n) is 5.74. The summed E-state index contributed by atoms with van der Waals surface area (Å²) in [6.07, 6.45) is 0. The average molecular weight is 244 g/mol. The van der Waals surface area contributed by atoms with Crippen molar-refractivity contribution < 1.29 is 9.53 Å². The summed E-state index contributed by atoms with van der Waals surface area (Å²) in [6.45, 7) is 2.49. The number of anilines is 1. The van der Waals surface area contributed by atoms with E-state index in [9.17, 15) is 4.79 Å². The van der Waals surface area contributed by atoms with Crippen LogP contribution in [-0.2, 0) is 11.3 Å². The van der Waals surface area contributed by atoms with E-state index < -0.39 is 0 Å². The Balaban J connectivity index is 2.03. The zero-order chi connectivity index (χ0) is 13.0. The molecule has 0 aliphatic rings. The van der Waals surface area contributed by atoms with Crippen LogP contribution in [0.25, 0.3) is 0 Å². The van der Waals surface area contributed by atoms with Gasteiger partial charge < -0.3 is 15.0 Å². The van der Waals surface area contributed by atoms with Gasteiger partial charge in [-0.15, -0.1) is 0 Å². The number of hydrogen-bond donors (Lipinski definition) is 2. The molecule has 0 aliphatic heterocycles. The summed E-state index contributed by atoms with van der Waals surface area (Å²) in [6, 6.07) is 11.2. The van der Waals surface area contributed by atoms with E-state index in [2.05, 4.69) is 10.3 Å². The van der Waals surface area contributed by atoms with E-state index >= 15 is 0 Å². The fourth-order valence-corrected chi connectivity index (χ4v) is 1.69. The van der Waals surface area contributed by atoms with Gasteiger partial charge in [0, 0.05) is 18.5 Å². The van der Waals surface area contributed by atoms with Crippen molar-refractivity contribution >= 4 is 11.6 Å². The van der Waals surface area contributed by atoms with Crippen LogP contribution in [0.15, 0.2) is 36.4 Å². The van der Waals surface area contributed by atoms with Crippen LogP contribution in [0.4, 0.5) is 5.69 Å². The van der Waals surface area contributed by atoms with Gasteiger partial charge in [0.05, 0.1) is 6.61 Å². The van der Waals surface area contributed by atoms with Crippen LogP contribution < -0.4 is 5.32 Å². The van der Waals surface area contributed by atoms with Gasteiger partial charge in [0.25, 0.3) is 5.91 Å². The predicted octanol–water partition coefficient (Wildman–Crippen LogP) is 2.72. The van der Waals surface area contributed by atoms with Gasteiger partial charge in [0.2, 0.25) is 0 Å². The number of carbonyl (C=O) groups is 1. The largest absolute Gasteiger partial charge is 0.380 e. The van der Waals surface area contributed by atoms with E-state index in [-0.39, 0.29) is 5.91 Å². The molecular formula is C14H16N2O2. The maximum Gasteiger partial charge on any atom is 0.272 e. The molecule has 0 atom stereocenters. The topological polar surface area (TPSA) is 54.1 Å². The van der Waals surface area contributed by atoms with Gasteiger partial charge in [-0.1, -0.05) is 12.1 Å². The van der Waals surface area contributed by atoms with Crippen molar-refractivity contribution in [3.63, 3.8) is 0 Å². The van der Waals surface area contributed by atoms with E-state index in [1.807, 2.05) is 37.3 Å². The Hall–Kier alpha value is -2.07. The fraction of sp³-hybridized carbons (Fsp3) is 0.214. The summed E-state index contributed by atoms with van der Waals surface area (Å²) in [5.41, 5.74) is 3.38. The van der Waals surface area contributed by atoms with Crippen LogP contribution in [0.5, 0.6) is 0 Å². The molecule has 4 heteroatoms. The zero-order valence-electron chi connectivity index (χ0n) is 10.5. The third-order valence-corrected chi connectivity index (χ3v) is 2.60. The third-order valence-electron chi connectivity index (χ3n) is 2.60. The highest BCUT2D eigenvalue weighted by atomic mass is 16.5. The molecule has 2 aromatic rings.